The van der Waals surface area contributed by atoms with Crippen LogP contribution in [0.1, 0.15) is 65.2 Å². The van der Waals surface area contributed by atoms with Gasteiger partial charge in [0.1, 0.15) is 0 Å². The van der Waals surface area contributed by atoms with E-state index in [1.807, 2.05) is 0 Å². The molecule has 0 amide bonds. The molecule has 0 fully saturated rings. The molecular formula is C12H29N3. The minimum Gasteiger partial charge on any atom is -0.316 e. The fourth-order valence-electron chi connectivity index (χ4n) is 1.67. The molecule has 0 rings (SSSR count). The van der Waals surface area contributed by atoms with Gasteiger partial charge >= 0.3 is 0 Å². The Bertz CT molecular complexity index is 114. The Balaban J connectivity index is 3.35. The van der Waals surface area contributed by atoms with Crippen LogP contribution < -0.4 is 16.8 Å². The molecule has 2 atom stereocenters. The van der Waals surface area contributed by atoms with Gasteiger partial charge in [-0.05, 0) is 12.8 Å². The van der Waals surface area contributed by atoms with Gasteiger partial charge in [0.15, 0.2) is 0 Å². The highest BCUT2D eigenvalue weighted by Gasteiger charge is 2.06. The van der Waals surface area contributed by atoms with Crippen LogP contribution in [0.4, 0.5) is 0 Å². The molecule has 0 aliphatic rings. The molecule has 0 aliphatic carbocycles. The normalized spacial score (nSPS) is 15.2. The van der Waals surface area contributed by atoms with Crippen molar-refractivity contribution in [3.8, 4) is 0 Å². The first-order chi connectivity index (χ1) is 7.20. The lowest BCUT2D eigenvalue weighted by atomic mass is 10.1. The van der Waals surface area contributed by atoms with Crippen LogP contribution in [0.2, 0.25) is 0 Å². The van der Waals surface area contributed by atoms with Crippen LogP contribution in [0.15, 0.2) is 0 Å². The van der Waals surface area contributed by atoms with Crippen molar-refractivity contribution in [1.29, 1.82) is 0 Å². The molecule has 0 heterocycles. The Kier molecular flexibility index (Phi) is 10.3. The molecule has 0 saturated carbocycles. The summed E-state index contributed by atoms with van der Waals surface area (Å²) in [5.41, 5.74) is 11.9. The lowest BCUT2D eigenvalue weighted by Crippen LogP contribution is -2.48. The molecule has 2 unspecified atom stereocenters. The topological polar surface area (TPSA) is 64.1 Å². The summed E-state index contributed by atoms with van der Waals surface area (Å²) >= 11 is 0. The maximum absolute atomic E-state index is 5.93. The van der Waals surface area contributed by atoms with E-state index in [1.54, 1.807) is 0 Å². The number of nitrogens with two attached hydrogens (primary N) is 2. The van der Waals surface area contributed by atoms with Crippen molar-refractivity contribution in [2.45, 2.75) is 77.5 Å². The van der Waals surface area contributed by atoms with E-state index in [0.29, 0.717) is 0 Å². The van der Waals surface area contributed by atoms with Crippen molar-refractivity contribution < 1.29 is 0 Å². The minimum atomic E-state index is 0.0770. The van der Waals surface area contributed by atoms with Gasteiger partial charge in [-0.2, -0.15) is 0 Å². The van der Waals surface area contributed by atoms with Crippen LogP contribution in [0.5, 0.6) is 0 Å². The van der Waals surface area contributed by atoms with Crippen LogP contribution in [0, 0.1) is 0 Å². The quantitative estimate of drug-likeness (QED) is 0.387. The van der Waals surface area contributed by atoms with Crippen molar-refractivity contribution in [2.24, 2.45) is 11.5 Å². The van der Waals surface area contributed by atoms with Crippen molar-refractivity contribution in [1.82, 2.24) is 5.32 Å². The van der Waals surface area contributed by atoms with Gasteiger partial charge in [0.25, 0.3) is 0 Å². The standard InChI is InChI=1S/C12H29N3/c1-3-5-7-9-11(13)15-12(14)10-8-6-4-2/h11-12,15H,3-10,13-14H2,1-2H3. The van der Waals surface area contributed by atoms with E-state index in [-0.39, 0.29) is 12.3 Å². The number of nitrogens with one attached hydrogen (secondary N) is 1. The van der Waals surface area contributed by atoms with Crippen molar-refractivity contribution in [3.63, 3.8) is 0 Å². The summed E-state index contributed by atoms with van der Waals surface area (Å²) in [6.07, 6.45) is 9.65. The summed E-state index contributed by atoms with van der Waals surface area (Å²) in [6.45, 7) is 4.41. The minimum absolute atomic E-state index is 0.0770. The Morgan fingerprint density at radius 2 is 1.20 bits per heavy atom. The predicted molar refractivity (Wildman–Crippen MR) is 67.4 cm³/mol. The van der Waals surface area contributed by atoms with E-state index in [2.05, 4.69) is 19.2 Å². The van der Waals surface area contributed by atoms with E-state index in [9.17, 15) is 0 Å². The largest absolute Gasteiger partial charge is 0.316 e. The van der Waals surface area contributed by atoms with Crippen molar-refractivity contribution >= 4 is 0 Å². The molecule has 0 aromatic rings. The lowest BCUT2D eigenvalue weighted by molar-refractivity contribution is 0.385. The monoisotopic (exact) mass is 215 g/mol. The molecule has 0 aromatic heterocycles. The summed E-state index contributed by atoms with van der Waals surface area (Å²) in [7, 11) is 0. The molecule has 15 heavy (non-hydrogen) atoms. The maximum Gasteiger partial charge on any atom is 0.0558 e. The Morgan fingerprint density at radius 1 is 0.800 bits per heavy atom. The third-order valence-electron chi connectivity index (χ3n) is 2.67. The van der Waals surface area contributed by atoms with Gasteiger partial charge in [0.2, 0.25) is 0 Å². The van der Waals surface area contributed by atoms with Crippen LogP contribution in [0.25, 0.3) is 0 Å². The van der Waals surface area contributed by atoms with E-state index in [4.69, 9.17) is 11.5 Å². The first kappa shape index (κ1) is 14.9. The molecule has 0 aliphatic heterocycles. The van der Waals surface area contributed by atoms with Gasteiger partial charge < -0.3 is 11.5 Å². The van der Waals surface area contributed by atoms with Gasteiger partial charge in [-0.15, -0.1) is 0 Å². The number of hydrogen-bond acceptors (Lipinski definition) is 3. The number of rotatable bonds is 10. The smallest absolute Gasteiger partial charge is 0.0558 e. The first-order valence-electron chi connectivity index (χ1n) is 6.47. The molecule has 3 heteroatoms. The van der Waals surface area contributed by atoms with Crippen molar-refractivity contribution in [3.05, 3.63) is 0 Å². The number of hydrogen-bond donors (Lipinski definition) is 3. The van der Waals surface area contributed by atoms with Crippen LogP contribution in [-0.4, -0.2) is 12.3 Å². The van der Waals surface area contributed by atoms with Gasteiger partial charge in [-0.1, -0.05) is 52.4 Å². The molecule has 92 valence electrons. The van der Waals surface area contributed by atoms with E-state index < -0.39 is 0 Å². The Labute approximate surface area is 95.0 Å². The molecule has 0 aromatic carbocycles. The highest BCUT2D eigenvalue weighted by molar-refractivity contribution is 4.65. The highest BCUT2D eigenvalue weighted by atomic mass is 15.1. The van der Waals surface area contributed by atoms with E-state index in [1.165, 1.54) is 38.5 Å². The lowest BCUT2D eigenvalue weighted by Gasteiger charge is -2.19. The molecule has 3 nitrogen and oxygen atoms in total. The average molecular weight is 215 g/mol. The Morgan fingerprint density at radius 3 is 1.53 bits per heavy atom. The summed E-state index contributed by atoms with van der Waals surface area (Å²) in [4.78, 5) is 0. The molecule has 0 saturated heterocycles. The molecule has 0 bridgehead atoms. The summed E-state index contributed by atoms with van der Waals surface area (Å²) < 4.78 is 0. The Hall–Kier alpha value is -0.120. The van der Waals surface area contributed by atoms with E-state index >= 15 is 0 Å². The molecule has 0 radical (unpaired) electrons. The second-order valence-corrected chi connectivity index (χ2v) is 4.37. The molecule has 5 N–H and O–H groups in total. The average Bonchev–Trinajstić information content (AvgIpc) is 2.18. The van der Waals surface area contributed by atoms with Crippen molar-refractivity contribution in [2.75, 3.05) is 0 Å². The molecular weight excluding hydrogens is 186 g/mol. The SMILES string of the molecule is CCCCCC(N)NC(N)CCCCC. The van der Waals surface area contributed by atoms with Crippen LogP contribution in [0.3, 0.4) is 0 Å². The maximum atomic E-state index is 5.93. The second kappa shape index (κ2) is 10.4. The third kappa shape index (κ3) is 10.2. The zero-order valence-electron chi connectivity index (χ0n) is 10.5. The van der Waals surface area contributed by atoms with Gasteiger partial charge in [-0.25, -0.2) is 0 Å². The summed E-state index contributed by atoms with van der Waals surface area (Å²) in [5.74, 6) is 0. The zero-order valence-corrected chi connectivity index (χ0v) is 10.5. The van der Waals surface area contributed by atoms with Gasteiger partial charge in [-0.3, -0.25) is 5.32 Å². The fraction of sp³-hybridized carbons (Fsp3) is 1.00. The second-order valence-electron chi connectivity index (χ2n) is 4.37. The van der Waals surface area contributed by atoms with Crippen LogP contribution in [-0.2, 0) is 0 Å². The first-order valence-corrected chi connectivity index (χ1v) is 6.47. The molecule has 0 spiro atoms. The summed E-state index contributed by atoms with van der Waals surface area (Å²) in [6, 6.07) is 0. The van der Waals surface area contributed by atoms with Gasteiger partial charge in [0, 0.05) is 0 Å². The predicted octanol–water partition coefficient (Wildman–Crippen LogP) is 2.31. The number of unbranched alkanes of at least 4 members (excludes halogenated alkanes) is 4. The summed E-state index contributed by atoms with van der Waals surface area (Å²) in [5, 5.41) is 3.25. The fourth-order valence-corrected chi connectivity index (χ4v) is 1.67. The third-order valence-corrected chi connectivity index (χ3v) is 2.67. The zero-order chi connectivity index (χ0) is 11.5. The van der Waals surface area contributed by atoms with E-state index in [0.717, 1.165) is 12.8 Å². The highest BCUT2D eigenvalue weighted by Crippen LogP contribution is 2.03. The van der Waals surface area contributed by atoms with Crippen LogP contribution >= 0.6 is 0 Å². The van der Waals surface area contributed by atoms with Gasteiger partial charge in [0.05, 0.1) is 12.3 Å².